The maximum absolute atomic E-state index is 12.7. The van der Waals surface area contributed by atoms with Crippen molar-refractivity contribution in [2.75, 3.05) is 46.3 Å². The Balaban J connectivity index is 1.84. The van der Waals surface area contributed by atoms with Gasteiger partial charge < -0.3 is 9.80 Å². The molecule has 1 saturated heterocycles. The second-order valence-electron chi connectivity index (χ2n) is 7.25. The Kier molecular flexibility index (Phi) is 7.86. The molecule has 1 heterocycles. The van der Waals surface area contributed by atoms with E-state index in [2.05, 4.69) is 0 Å². The molecule has 1 fully saturated rings. The molecule has 1 unspecified atom stereocenters. The van der Waals surface area contributed by atoms with E-state index in [0.29, 0.717) is 19.6 Å². The van der Waals surface area contributed by atoms with Crippen LogP contribution in [0.1, 0.15) is 18.9 Å². The minimum atomic E-state index is -4.26. The second kappa shape index (κ2) is 9.91. The topological polar surface area (TPSA) is 43.9 Å². The lowest BCUT2D eigenvalue weighted by Crippen LogP contribution is -2.43. The van der Waals surface area contributed by atoms with Gasteiger partial charge in [-0.25, -0.2) is 0 Å². The molecule has 2 rings (SSSR count). The van der Waals surface area contributed by atoms with Crippen LogP contribution < -0.4 is 0 Å². The number of nitrogens with zero attached hydrogens (tertiary/aromatic N) is 3. The molecule has 1 aromatic carbocycles. The number of hydrogen-bond donors (Lipinski definition) is 0. The minimum absolute atomic E-state index is 0.0421. The highest BCUT2D eigenvalue weighted by molar-refractivity contribution is 5.89. The van der Waals surface area contributed by atoms with Gasteiger partial charge in [-0.2, -0.15) is 13.2 Å². The average Bonchev–Trinajstić information content (AvgIpc) is 3.00. The summed E-state index contributed by atoms with van der Waals surface area (Å²) in [6, 6.07) is 9.83. The fourth-order valence-electron chi connectivity index (χ4n) is 3.42. The van der Waals surface area contributed by atoms with E-state index in [1.54, 1.807) is 16.7 Å². The Morgan fingerprint density at radius 3 is 2.50 bits per heavy atom. The molecule has 0 aliphatic carbocycles. The summed E-state index contributed by atoms with van der Waals surface area (Å²) in [6.07, 6.45) is -3.36. The molecule has 0 spiro atoms. The predicted molar refractivity (Wildman–Crippen MR) is 101 cm³/mol. The van der Waals surface area contributed by atoms with Crippen molar-refractivity contribution in [3.8, 4) is 0 Å². The van der Waals surface area contributed by atoms with Crippen LogP contribution in [0.3, 0.4) is 0 Å². The van der Waals surface area contributed by atoms with Gasteiger partial charge in [0.2, 0.25) is 11.8 Å². The van der Waals surface area contributed by atoms with Gasteiger partial charge in [0.1, 0.15) is 0 Å². The number of alkyl halides is 3. The number of rotatable bonds is 9. The van der Waals surface area contributed by atoms with Crippen LogP contribution in [0.15, 0.2) is 30.3 Å². The molecule has 1 aromatic rings. The zero-order chi connectivity index (χ0) is 20.7. The van der Waals surface area contributed by atoms with Gasteiger partial charge in [-0.3, -0.25) is 14.5 Å². The molecule has 5 nitrogen and oxygen atoms in total. The molecule has 1 aliphatic rings. The largest absolute Gasteiger partial charge is 0.401 e. The highest BCUT2D eigenvalue weighted by Gasteiger charge is 2.36. The number of hydrogen-bond acceptors (Lipinski definition) is 3. The first-order valence-corrected chi connectivity index (χ1v) is 9.55. The molecule has 0 bridgehead atoms. The van der Waals surface area contributed by atoms with Gasteiger partial charge in [0.25, 0.3) is 0 Å². The summed E-state index contributed by atoms with van der Waals surface area (Å²) in [7, 11) is 1.39. The Hall–Kier alpha value is -2.09. The van der Waals surface area contributed by atoms with E-state index in [1.165, 1.54) is 7.05 Å². The van der Waals surface area contributed by atoms with Crippen molar-refractivity contribution in [3.63, 3.8) is 0 Å². The van der Waals surface area contributed by atoms with Crippen LogP contribution in [0, 0.1) is 5.92 Å². The first-order valence-electron chi connectivity index (χ1n) is 9.55. The number of benzene rings is 1. The van der Waals surface area contributed by atoms with Gasteiger partial charge in [-0.05, 0) is 26.0 Å². The monoisotopic (exact) mass is 399 g/mol. The first-order chi connectivity index (χ1) is 13.2. The number of halogens is 3. The van der Waals surface area contributed by atoms with Gasteiger partial charge >= 0.3 is 6.18 Å². The summed E-state index contributed by atoms with van der Waals surface area (Å²) in [4.78, 5) is 29.4. The summed E-state index contributed by atoms with van der Waals surface area (Å²) < 4.78 is 37.3. The van der Waals surface area contributed by atoms with E-state index in [9.17, 15) is 22.8 Å². The molecule has 0 aromatic heterocycles. The standard InChI is InChI=1S/C20H28F3N3O2/c1-3-25(12-11-24(2)15-20(21,22)23)19(28)17-13-18(27)26(14-17)10-9-16-7-5-4-6-8-16/h4-8,17H,3,9-15H2,1-2H3. The molecular weight excluding hydrogens is 371 g/mol. The van der Waals surface area contributed by atoms with Crippen molar-refractivity contribution in [3.05, 3.63) is 35.9 Å². The zero-order valence-electron chi connectivity index (χ0n) is 16.4. The van der Waals surface area contributed by atoms with Crippen LogP contribution in [0.25, 0.3) is 0 Å². The van der Waals surface area contributed by atoms with Gasteiger partial charge in [-0.15, -0.1) is 0 Å². The SMILES string of the molecule is CCN(CCN(C)CC(F)(F)F)C(=O)C1CC(=O)N(CCc2ccccc2)C1. The van der Waals surface area contributed by atoms with Crippen molar-refractivity contribution < 1.29 is 22.8 Å². The molecule has 0 radical (unpaired) electrons. The van der Waals surface area contributed by atoms with Crippen molar-refractivity contribution in [1.29, 1.82) is 0 Å². The Bertz CT molecular complexity index is 652. The Labute approximate surface area is 164 Å². The van der Waals surface area contributed by atoms with Gasteiger partial charge in [0, 0.05) is 39.1 Å². The number of likely N-dealkylation sites (tertiary alicyclic amines) is 1. The average molecular weight is 399 g/mol. The molecule has 156 valence electrons. The van der Waals surface area contributed by atoms with E-state index in [-0.39, 0.29) is 31.3 Å². The van der Waals surface area contributed by atoms with E-state index in [0.717, 1.165) is 16.9 Å². The fourth-order valence-corrected chi connectivity index (χ4v) is 3.42. The van der Waals surface area contributed by atoms with E-state index < -0.39 is 18.6 Å². The predicted octanol–water partition coefficient (Wildman–Crippen LogP) is 2.42. The molecule has 0 saturated carbocycles. The van der Waals surface area contributed by atoms with Crippen LogP contribution in [-0.2, 0) is 16.0 Å². The highest BCUT2D eigenvalue weighted by Crippen LogP contribution is 2.21. The molecule has 1 aliphatic heterocycles. The highest BCUT2D eigenvalue weighted by atomic mass is 19.4. The van der Waals surface area contributed by atoms with Crippen molar-refractivity contribution in [2.24, 2.45) is 5.92 Å². The Morgan fingerprint density at radius 1 is 1.21 bits per heavy atom. The van der Waals surface area contributed by atoms with E-state index >= 15 is 0 Å². The molecule has 8 heteroatoms. The summed E-state index contributed by atoms with van der Waals surface area (Å²) in [5.41, 5.74) is 1.13. The lowest BCUT2D eigenvalue weighted by molar-refractivity contribution is -0.144. The summed E-state index contributed by atoms with van der Waals surface area (Å²) in [5.74, 6) is -0.617. The summed E-state index contributed by atoms with van der Waals surface area (Å²) >= 11 is 0. The quantitative estimate of drug-likeness (QED) is 0.641. The smallest absolute Gasteiger partial charge is 0.342 e. The van der Waals surface area contributed by atoms with E-state index in [4.69, 9.17) is 0 Å². The Morgan fingerprint density at radius 2 is 1.89 bits per heavy atom. The molecule has 1 atom stereocenters. The number of carbonyl (C=O) groups excluding carboxylic acids is 2. The molecule has 0 N–H and O–H groups in total. The summed E-state index contributed by atoms with van der Waals surface area (Å²) in [6.45, 7) is 2.49. The maximum atomic E-state index is 12.7. The normalized spacial score (nSPS) is 17.4. The molecular formula is C20H28F3N3O2. The summed E-state index contributed by atoms with van der Waals surface area (Å²) in [5, 5.41) is 0. The third-order valence-electron chi connectivity index (χ3n) is 4.97. The van der Waals surface area contributed by atoms with E-state index in [1.807, 2.05) is 30.3 Å². The van der Waals surface area contributed by atoms with Crippen molar-refractivity contribution >= 4 is 11.8 Å². The molecule has 28 heavy (non-hydrogen) atoms. The number of amides is 2. The third-order valence-corrected chi connectivity index (χ3v) is 4.97. The number of likely N-dealkylation sites (N-methyl/N-ethyl adjacent to an activating group) is 2. The lowest BCUT2D eigenvalue weighted by atomic mass is 10.1. The van der Waals surface area contributed by atoms with Gasteiger partial charge in [0.05, 0.1) is 12.5 Å². The van der Waals surface area contributed by atoms with Crippen LogP contribution in [0.5, 0.6) is 0 Å². The van der Waals surface area contributed by atoms with Gasteiger partial charge in [-0.1, -0.05) is 30.3 Å². The van der Waals surface area contributed by atoms with Crippen molar-refractivity contribution in [1.82, 2.24) is 14.7 Å². The maximum Gasteiger partial charge on any atom is 0.401 e. The zero-order valence-corrected chi connectivity index (χ0v) is 16.4. The van der Waals surface area contributed by atoms with Crippen LogP contribution in [0.2, 0.25) is 0 Å². The lowest BCUT2D eigenvalue weighted by Gasteiger charge is -2.27. The number of carbonyl (C=O) groups is 2. The van der Waals surface area contributed by atoms with Crippen molar-refractivity contribution in [2.45, 2.75) is 25.9 Å². The van der Waals surface area contributed by atoms with Crippen LogP contribution in [0.4, 0.5) is 13.2 Å². The molecule has 2 amide bonds. The third kappa shape index (κ3) is 6.82. The first kappa shape index (κ1) is 22.2. The van der Waals surface area contributed by atoms with Gasteiger partial charge in [0.15, 0.2) is 0 Å². The second-order valence-corrected chi connectivity index (χ2v) is 7.25. The van der Waals surface area contributed by atoms with Crippen LogP contribution >= 0.6 is 0 Å². The van der Waals surface area contributed by atoms with Crippen LogP contribution in [-0.4, -0.2) is 79.0 Å². The minimum Gasteiger partial charge on any atom is -0.342 e. The fraction of sp³-hybridized carbons (Fsp3) is 0.600.